The largest absolute Gasteiger partial charge is 0.296 e. The molecule has 1 N–H and O–H groups in total. The van der Waals surface area contributed by atoms with E-state index in [-0.39, 0.29) is 11.4 Å². The Hall–Kier alpha value is -0.170. The van der Waals surface area contributed by atoms with Gasteiger partial charge in [0.05, 0.1) is 0 Å². The van der Waals surface area contributed by atoms with Crippen LogP contribution in [0.2, 0.25) is 0 Å². The molecule has 0 aliphatic carbocycles. The third kappa shape index (κ3) is 4.46. The van der Waals surface area contributed by atoms with Crippen LogP contribution in [0.25, 0.3) is 0 Å². The highest BCUT2D eigenvalue weighted by Crippen LogP contribution is 2.15. The second kappa shape index (κ2) is 4.37. The first-order chi connectivity index (χ1) is 6.68. The van der Waals surface area contributed by atoms with Crippen molar-refractivity contribution in [3.05, 3.63) is 0 Å². The summed E-state index contributed by atoms with van der Waals surface area (Å²) in [7, 11) is -3.87. The number of rotatable bonds is 2. The van der Waals surface area contributed by atoms with Crippen LogP contribution >= 0.6 is 0 Å². The van der Waals surface area contributed by atoms with E-state index in [9.17, 15) is 8.42 Å². The second-order valence-corrected chi connectivity index (χ2v) is 6.41. The lowest BCUT2D eigenvalue weighted by Crippen LogP contribution is -2.54. The fourth-order valence-electron chi connectivity index (χ4n) is 1.78. The van der Waals surface area contributed by atoms with Gasteiger partial charge in [0.15, 0.2) is 0 Å². The van der Waals surface area contributed by atoms with Gasteiger partial charge in [-0.05, 0) is 20.8 Å². The number of hydrogen-bond acceptors (Lipinski definition) is 4. The third-order valence-corrected chi connectivity index (χ3v) is 3.36. The number of nitrogens with zero attached hydrogens (tertiary/aromatic N) is 2. The molecule has 15 heavy (non-hydrogen) atoms. The minimum absolute atomic E-state index is 0.129. The molecule has 1 aliphatic heterocycles. The molecule has 0 saturated carbocycles. The second-order valence-electron chi connectivity index (χ2n) is 4.99. The summed E-state index contributed by atoms with van der Waals surface area (Å²) in [6.07, 6.45) is 0. The molecule has 1 saturated heterocycles. The van der Waals surface area contributed by atoms with Crippen LogP contribution in [-0.4, -0.2) is 60.4 Å². The minimum atomic E-state index is -3.87. The Labute approximate surface area is 91.8 Å². The molecule has 0 unspecified atom stereocenters. The van der Waals surface area contributed by atoms with Crippen LogP contribution in [-0.2, 0) is 10.1 Å². The fourth-order valence-corrected chi connectivity index (χ4v) is 2.50. The Morgan fingerprint density at radius 2 is 1.60 bits per heavy atom. The van der Waals surface area contributed by atoms with Crippen LogP contribution < -0.4 is 0 Å². The maximum atomic E-state index is 10.7. The van der Waals surface area contributed by atoms with Crippen molar-refractivity contribution in [1.82, 2.24) is 9.80 Å². The molecule has 0 atom stereocenters. The zero-order valence-electron chi connectivity index (χ0n) is 9.60. The topological polar surface area (TPSA) is 60.9 Å². The molecule has 0 radical (unpaired) electrons. The van der Waals surface area contributed by atoms with Gasteiger partial charge in [0.1, 0.15) is 5.88 Å². The van der Waals surface area contributed by atoms with Gasteiger partial charge in [-0.1, -0.05) is 0 Å². The van der Waals surface area contributed by atoms with Gasteiger partial charge < -0.3 is 0 Å². The Balaban J connectivity index is 2.43. The molecular formula is C9H20N2O3S. The van der Waals surface area contributed by atoms with Gasteiger partial charge in [-0.15, -0.1) is 0 Å². The maximum Gasteiger partial charge on any atom is 0.278 e. The Kier molecular flexibility index (Phi) is 3.76. The summed E-state index contributed by atoms with van der Waals surface area (Å²) in [4.78, 5) is 4.07. The van der Waals surface area contributed by atoms with E-state index in [0.717, 1.165) is 13.1 Å². The van der Waals surface area contributed by atoms with E-state index in [1.54, 1.807) is 4.90 Å². The highest BCUT2D eigenvalue weighted by molar-refractivity contribution is 7.85. The molecule has 1 heterocycles. The average Bonchev–Trinajstić information content (AvgIpc) is 2.00. The summed E-state index contributed by atoms with van der Waals surface area (Å²) in [6, 6.07) is 0. The molecule has 0 amide bonds. The molecule has 0 aromatic carbocycles. The summed E-state index contributed by atoms with van der Waals surface area (Å²) in [5, 5.41) is 0. The van der Waals surface area contributed by atoms with Crippen LogP contribution in [0.3, 0.4) is 0 Å². The molecule has 1 fully saturated rings. The predicted molar refractivity (Wildman–Crippen MR) is 59.3 cm³/mol. The van der Waals surface area contributed by atoms with E-state index < -0.39 is 10.1 Å². The number of hydrogen-bond donors (Lipinski definition) is 1. The maximum absolute atomic E-state index is 10.7. The molecule has 0 aromatic heterocycles. The van der Waals surface area contributed by atoms with Crippen molar-refractivity contribution in [2.24, 2.45) is 0 Å². The summed E-state index contributed by atoms with van der Waals surface area (Å²) < 4.78 is 30.1. The van der Waals surface area contributed by atoms with E-state index in [0.29, 0.717) is 13.1 Å². The summed E-state index contributed by atoms with van der Waals surface area (Å²) in [5.74, 6) is -0.245. The summed E-state index contributed by atoms with van der Waals surface area (Å²) in [6.45, 7) is 9.51. The SMILES string of the molecule is CC(C)(C)N1CCN(CS(=O)(=O)O)CC1. The Morgan fingerprint density at radius 3 is 1.93 bits per heavy atom. The van der Waals surface area contributed by atoms with Gasteiger partial charge in [-0.3, -0.25) is 14.4 Å². The van der Waals surface area contributed by atoms with Crippen molar-refractivity contribution in [1.29, 1.82) is 0 Å². The number of piperazine rings is 1. The first kappa shape index (κ1) is 12.9. The van der Waals surface area contributed by atoms with Gasteiger partial charge >= 0.3 is 0 Å². The Bertz CT molecular complexity index is 300. The van der Waals surface area contributed by atoms with Gasteiger partial charge in [0, 0.05) is 31.7 Å². The first-order valence-corrected chi connectivity index (χ1v) is 6.72. The normalized spacial score (nSPS) is 21.9. The van der Waals surface area contributed by atoms with Gasteiger partial charge in [0.25, 0.3) is 10.1 Å². The third-order valence-electron chi connectivity index (χ3n) is 2.67. The molecule has 1 aliphatic rings. The lowest BCUT2D eigenvalue weighted by molar-refractivity contribution is 0.0694. The molecule has 1 rings (SSSR count). The predicted octanol–water partition coefficient (Wildman–Crippen LogP) is 0.248. The molecule has 5 nitrogen and oxygen atoms in total. The van der Waals surface area contributed by atoms with E-state index >= 15 is 0 Å². The highest BCUT2D eigenvalue weighted by atomic mass is 32.2. The van der Waals surface area contributed by atoms with Crippen LogP contribution in [0, 0.1) is 0 Å². The quantitative estimate of drug-likeness (QED) is 0.696. The standard InChI is InChI=1S/C9H20N2O3S/c1-9(2,3)11-6-4-10(5-7-11)8-15(12,13)14/h4-8H2,1-3H3,(H,12,13,14). The molecule has 90 valence electrons. The molecule has 0 spiro atoms. The van der Waals surface area contributed by atoms with Gasteiger partial charge in [-0.25, -0.2) is 0 Å². The monoisotopic (exact) mass is 236 g/mol. The molecular weight excluding hydrogens is 216 g/mol. The van der Waals surface area contributed by atoms with Crippen molar-refractivity contribution in [3.8, 4) is 0 Å². The van der Waals surface area contributed by atoms with Crippen LogP contribution in [0.4, 0.5) is 0 Å². The van der Waals surface area contributed by atoms with Crippen molar-refractivity contribution in [2.45, 2.75) is 26.3 Å². The molecule has 6 heteroatoms. The van der Waals surface area contributed by atoms with Crippen molar-refractivity contribution < 1.29 is 13.0 Å². The van der Waals surface area contributed by atoms with Crippen LogP contribution in [0.1, 0.15) is 20.8 Å². The van der Waals surface area contributed by atoms with Crippen molar-refractivity contribution in [2.75, 3.05) is 32.1 Å². The summed E-state index contributed by atoms with van der Waals surface area (Å²) in [5.41, 5.74) is 0.129. The van der Waals surface area contributed by atoms with Crippen LogP contribution in [0.5, 0.6) is 0 Å². The first-order valence-electron chi connectivity index (χ1n) is 5.11. The zero-order chi connectivity index (χ0) is 11.7. The minimum Gasteiger partial charge on any atom is -0.296 e. The van der Waals surface area contributed by atoms with Gasteiger partial charge in [-0.2, -0.15) is 8.42 Å². The molecule has 0 aromatic rings. The van der Waals surface area contributed by atoms with E-state index in [2.05, 4.69) is 25.7 Å². The Morgan fingerprint density at radius 1 is 1.13 bits per heavy atom. The fraction of sp³-hybridized carbons (Fsp3) is 1.00. The highest BCUT2D eigenvalue weighted by Gasteiger charge is 2.27. The lowest BCUT2D eigenvalue weighted by atomic mass is 10.1. The van der Waals surface area contributed by atoms with E-state index in [1.807, 2.05) is 0 Å². The molecule has 0 bridgehead atoms. The lowest BCUT2D eigenvalue weighted by Gasteiger charge is -2.41. The van der Waals surface area contributed by atoms with E-state index in [4.69, 9.17) is 4.55 Å². The summed E-state index contributed by atoms with van der Waals surface area (Å²) >= 11 is 0. The smallest absolute Gasteiger partial charge is 0.278 e. The van der Waals surface area contributed by atoms with Crippen molar-refractivity contribution >= 4 is 10.1 Å². The van der Waals surface area contributed by atoms with Crippen LogP contribution in [0.15, 0.2) is 0 Å². The van der Waals surface area contributed by atoms with Gasteiger partial charge in [0.2, 0.25) is 0 Å². The zero-order valence-corrected chi connectivity index (χ0v) is 10.4. The van der Waals surface area contributed by atoms with E-state index in [1.165, 1.54) is 0 Å². The average molecular weight is 236 g/mol. The van der Waals surface area contributed by atoms with Crippen molar-refractivity contribution in [3.63, 3.8) is 0 Å².